The van der Waals surface area contributed by atoms with Gasteiger partial charge in [0.15, 0.2) is 0 Å². The Hall–Kier alpha value is -1.45. The quantitative estimate of drug-likeness (QED) is 0.523. The average molecular weight is 291 g/mol. The van der Waals surface area contributed by atoms with Gasteiger partial charge in [-0.2, -0.15) is 5.10 Å². The van der Waals surface area contributed by atoms with E-state index in [-0.39, 0.29) is 24.6 Å². The zero-order valence-electron chi connectivity index (χ0n) is 10.3. The van der Waals surface area contributed by atoms with Crippen molar-refractivity contribution < 1.29 is 23.4 Å². The first kappa shape index (κ1) is 15.6. The monoisotopic (exact) mass is 291 g/mol. The smallest absolute Gasteiger partial charge is 0.325 e. The van der Waals surface area contributed by atoms with Crippen LogP contribution in [0, 0.1) is 0 Å². The van der Waals surface area contributed by atoms with Crippen molar-refractivity contribution in [3.05, 3.63) is 12.4 Å². The summed E-state index contributed by atoms with van der Waals surface area (Å²) in [7, 11) is -3.65. The first-order valence-electron chi connectivity index (χ1n) is 5.80. The maximum atomic E-state index is 11.8. The van der Waals surface area contributed by atoms with Crippen LogP contribution in [0.5, 0.6) is 0 Å². The van der Waals surface area contributed by atoms with Crippen LogP contribution in [0.2, 0.25) is 0 Å². The molecule has 0 unspecified atom stereocenters. The number of carbonyl (C=O) groups is 1. The normalized spacial score (nSPS) is 11.6. The molecule has 9 heteroatoms. The molecular formula is C10H17N3O5S. The molecule has 108 valence electrons. The predicted molar refractivity (Wildman–Crippen MR) is 66.0 cm³/mol. The summed E-state index contributed by atoms with van der Waals surface area (Å²) in [5.74, 6) is -1.09. The number of aliphatic carboxylic acids is 1. The summed E-state index contributed by atoms with van der Waals surface area (Å²) in [4.78, 5) is 10.4. The number of aromatic nitrogens is 2. The highest BCUT2D eigenvalue weighted by atomic mass is 32.2. The van der Waals surface area contributed by atoms with E-state index in [1.165, 1.54) is 6.20 Å². The molecule has 0 aromatic carbocycles. The Morgan fingerprint density at radius 3 is 2.74 bits per heavy atom. The van der Waals surface area contributed by atoms with Crippen LogP contribution in [0.1, 0.15) is 19.3 Å². The summed E-state index contributed by atoms with van der Waals surface area (Å²) in [5, 5.41) is 20.8. The SMILES string of the molecule is O=C(O)Cn1cc(S(=O)(=O)NCCCCCO)cn1. The van der Waals surface area contributed by atoms with Gasteiger partial charge in [0, 0.05) is 19.3 Å². The first-order chi connectivity index (χ1) is 8.95. The van der Waals surface area contributed by atoms with Crippen molar-refractivity contribution in [3.63, 3.8) is 0 Å². The number of aliphatic hydroxyl groups excluding tert-OH is 1. The van der Waals surface area contributed by atoms with Crippen molar-refractivity contribution in [2.24, 2.45) is 0 Å². The van der Waals surface area contributed by atoms with Crippen LogP contribution in [0.4, 0.5) is 0 Å². The minimum absolute atomic E-state index is 0.0593. The Kier molecular flexibility index (Phi) is 5.93. The van der Waals surface area contributed by atoms with E-state index in [0.717, 1.165) is 17.3 Å². The van der Waals surface area contributed by atoms with E-state index in [2.05, 4.69) is 9.82 Å². The molecular weight excluding hydrogens is 274 g/mol. The molecule has 0 aliphatic rings. The molecule has 0 atom stereocenters. The van der Waals surface area contributed by atoms with Crippen LogP contribution in [0.25, 0.3) is 0 Å². The third kappa shape index (κ3) is 5.37. The molecule has 1 rings (SSSR count). The van der Waals surface area contributed by atoms with Crippen LogP contribution in [0.3, 0.4) is 0 Å². The Morgan fingerprint density at radius 2 is 2.11 bits per heavy atom. The Balaban J connectivity index is 2.52. The number of carboxylic acid groups (broad SMARTS) is 1. The predicted octanol–water partition coefficient (Wildman–Crippen LogP) is -0.591. The van der Waals surface area contributed by atoms with Gasteiger partial charge in [-0.3, -0.25) is 9.48 Å². The second kappa shape index (κ2) is 7.22. The summed E-state index contributed by atoms with van der Waals surface area (Å²) in [6, 6.07) is 0. The number of sulfonamides is 1. The zero-order chi connectivity index (χ0) is 14.3. The number of hydrogen-bond donors (Lipinski definition) is 3. The summed E-state index contributed by atoms with van der Waals surface area (Å²) < 4.78 is 27.0. The fourth-order valence-electron chi connectivity index (χ4n) is 1.41. The number of unbranched alkanes of at least 4 members (excludes halogenated alkanes) is 2. The van der Waals surface area contributed by atoms with E-state index in [9.17, 15) is 13.2 Å². The van der Waals surface area contributed by atoms with E-state index in [4.69, 9.17) is 10.2 Å². The van der Waals surface area contributed by atoms with Crippen LogP contribution in [-0.4, -0.2) is 47.5 Å². The molecule has 0 bridgehead atoms. The zero-order valence-corrected chi connectivity index (χ0v) is 11.1. The van der Waals surface area contributed by atoms with Gasteiger partial charge in [-0.15, -0.1) is 0 Å². The molecule has 0 saturated heterocycles. The third-order valence-corrected chi connectivity index (χ3v) is 3.76. The van der Waals surface area contributed by atoms with Gasteiger partial charge in [0.25, 0.3) is 0 Å². The topological polar surface area (TPSA) is 122 Å². The maximum absolute atomic E-state index is 11.8. The first-order valence-corrected chi connectivity index (χ1v) is 7.29. The Labute approximate surface area is 111 Å². The highest BCUT2D eigenvalue weighted by molar-refractivity contribution is 7.89. The largest absolute Gasteiger partial charge is 0.480 e. The van der Waals surface area contributed by atoms with E-state index < -0.39 is 16.0 Å². The van der Waals surface area contributed by atoms with E-state index >= 15 is 0 Å². The van der Waals surface area contributed by atoms with Gasteiger partial charge < -0.3 is 10.2 Å². The van der Waals surface area contributed by atoms with Crippen molar-refractivity contribution in [3.8, 4) is 0 Å². The second-order valence-electron chi connectivity index (χ2n) is 3.95. The highest BCUT2D eigenvalue weighted by Crippen LogP contribution is 2.07. The summed E-state index contributed by atoms with van der Waals surface area (Å²) in [6.45, 7) is -0.0207. The number of hydrogen-bond acceptors (Lipinski definition) is 5. The van der Waals surface area contributed by atoms with Gasteiger partial charge in [-0.25, -0.2) is 13.1 Å². The van der Waals surface area contributed by atoms with Gasteiger partial charge in [0.05, 0.1) is 6.20 Å². The summed E-state index contributed by atoms with van der Waals surface area (Å²) in [6.07, 6.45) is 4.28. The standard InChI is InChI=1S/C10H17N3O5S/c14-5-3-1-2-4-12-19(17,18)9-6-11-13(7-9)8-10(15)16/h6-7,12,14H,1-5,8H2,(H,15,16). The Bertz CT molecular complexity index is 511. The lowest BCUT2D eigenvalue weighted by Gasteiger charge is -2.03. The van der Waals surface area contributed by atoms with Crippen molar-refractivity contribution in [1.29, 1.82) is 0 Å². The lowest BCUT2D eigenvalue weighted by atomic mass is 10.2. The molecule has 0 radical (unpaired) electrons. The van der Waals surface area contributed by atoms with Gasteiger partial charge in [0.2, 0.25) is 10.0 Å². The van der Waals surface area contributed by atoms with Crippen molar-refractivity contribution in [1.82, 2.24) is 14.5 Å². The van der Waals surface area contributed by atoms with Crippen molar-refractivity contribution >= 4 is 16.0 Å². The Morgan fingerprint density at radius 1 is 1.37 bits per heavy atom. The molecule has 0 saturated carbocycles. The molecule has 1 heterocycles. The fraction of sp³-hybridized carbons (Fsp3) is 0.600. The van der Waals surface area contributed by atoms with E-state index in [1.807, 2.05) is 0 Å². The van der Waals surface area contributed by atoms with E-state index in [0.29, 0.717) is 12.8 Å². The second-order valence-corrected chi connectivity index (χ2v) is 5.72. The molecule has 0 aliphatic heterocycles. The molecule has 0 spiro atoms. The number of carboxylic acids is 1. The third-order valence-electron chi connectivity index (χ3n) is 2.34. The number of aliphatic hydroxyl groups is 1. The lowest BCUT2D eigenvalue weighted by molar-refractivity contribution is -0.137. The van der Waals surface area contributed by atoms with Gasteiger partial charge in [0.1, 0.15) is 11.4 Å². The van der Waals surface area contributed by atoms with Crippen LogP contribution >= 0.6 is 0 Å². The lowest BCUT2D eigenvalue weighted by Crippen LogP contribution is -2.24. The molecule has 1 aromatic rings. The van der Waals surface area contributed by atoms with Crippen molar-refractivity contribution in [2.45, 2.75) is 30.7 Å². The molecule has 0 fully saturated rings. The van der Waals surface area contributed by atoms with Crippen LogP contribution in [0.15, 0.2) is 17.3 Å². The van der Waals surface area contributed by atoms with Crippen molar-refractivity contribution in [2.75, 3.05) is 13.2 Å². The summed E-state index contributed by atoms with van der Waals surface area (Å²) >= 11 is 0. The molecule has 0 aliphatic carbocycles. The maximum Gasteiger partial charge on any atom is 0.325 e. The molecule has 19 heavy (non-hydrogen) atoms. The fourth-order valence-corrected chi connectivity index (χ4v) is 2.44. The van der Waals surface area contributed by atoms with E-state index in [1.54, 1.807) is 0 Å². The average Bonchev–Trinajstić information content (AvgIpc) is 2.77. The molecule has 3 N–H and O–H groups in total. The molecule has 0 amide bonds. The van der Waals surface area contributed by atoms with Gasteiger partial charge in [-0.1, -0.05) is 0 Å². The van der Waals surface area contributed by atoms with Gasteiger partial charge in [-0.05, 0) is 19.3 Å². The highest BCUT2D eigenvalue weighted by Gasteiger charge is 2.16. The minimum Gasteiger partial charge on any atom is -0.480 e. The molecule has 8 nitrogen and oxygen atoms in total. The summed E-state index contributed by atoms with van der Waals surface area (Å²) in [5.41, 5.74) is 0. The minimum atomic E-state index is -3.65. The van der Waals surface area contributed by atoms with Crippen LogP contribution in [-0.2, 0) is 21.4 Å². The van der Waals surface area contributed by atoms with Crippen LogP contribution < -0.4 is 4.72 Å². The van der Waals surface area contributed by atoms with Gasteiger partial charge >= 0.3 is 5.97 Å². The molecule has 1 aromatic heterocycles. The number of rotatable bonds is 9. The number of nitrogens with zero attached hydrogens (tertiary/aromatic N) is 2. The number of nitrogens with one attached hydrogen (secondary N) is 1.